The molecule has 0 nitrogen and oxygen atoms in total. The molecular formula is C12H18Cl4Si2. The molecule has 1 rings (SSSR count). The summed E-state index contributed by atoms with van der Waals surface area (Å²) in [5.41, 5.74) is 1.28. The molecule has 0 saturated carbocycles. The third-order valence-electron chi connectivity index (χ3n) is 2.90. The Morgan fingerprint density at radius 3 is 2.06 bits per heavy atom. The Labute approximate surface area is 130 Å². The van der Waals surface area contributed by atoms with E-state index in [4.69, 9.17) is 44.3 Å². The number of rotatable bonds is 6. The molecule has 18 heavy (non-hydrogen) atoms. The molecule has 0 spiro atoms. The zero-order valence-electron chi connectivity index (χ0n) is 10.6. The van der Waals surface area contributed by atoms with E-state index >= 15 is 0 Å². The van der Waals surface area contributed by atoms with Crippen LogP contribution >= 0.6 is 44.3 Å². The van der Waals surface area contributed by atoms with Crippen LogP contribution in [0.5, 0.6) is 0 Å². The Balaban J connectivity index is 2.55. The van der Waals surface area contributed by atoms with Gasteiger partial charge >= 0.3 is 0 Å². The van der Waals surface area contributed by atoms with Crippen LogP contribution in [-0.4, -0.2) is 13.4 Å². The number of benzene rings is 1. The van der Waals surface area contributed by atoms with Crippen LogP contribution in [0.15, 0.2) is 30.3 Å². The molecule has 0 saturated heterocycles. The highest BCUT2D eigenvalue weighted by molar-refractivity contribution is 7.48. The van der Waals surface area contributed by atoms with Crippen molar-refractivity contribution in [2.45, 2.75) is 37.5 Å². The van der Waals surface area contributed by atoms with Crippen molar-refractivity contribution in [1.29, 1.82) is 0 Å². The monoisotopic (exact) mass is 358 g/mol. The van der Waals surface area contributed by atoms with Gasteiger partial charge in [-0.15, -0.1) is 44.3 Å². The molecule has 0 radical (unpaired) electrons. The summed E-state index contributed by atoms with van der Waals surface area (Å²) in [7, 11) is 0. The van der Waals surface area contributed by atoms with Crippen molar-refractivity contribution in [1.82, 2.24) is 0 Å². The van der Waals surface area contributed by atoms with Crippen molar-refractivity contribution in [2.24, 2.45) is 0 Å². The molecule has 6 heteroatoms. The Morgan fingerprint density at radius 1 is 1.00 bits per heavy atom. The minimum absolute atomic E-state index is 0.381. The summed E-state index contributed by atoms with van der Waals surface area (Å²) < 4.78 is 0. The standard InChI is InChI=1S/C12H18Cl4Si2/c1-11(12-6-4-3-5-7-12)10-18(15,16)9-8-17(2,13)14/h3-7,11H,8-10H2,1-2H3. The van der Waals surface area contributed by atoms with Gasteiger partial charge in [0, 0.05) is 0 Å². The largest absolute Gasteiger partial charge is 0.251 e. The van der Waals surface area contributed by atoms with Gasteiger partial charge in [-0.25, -0.2) is 0 Å². The summed E-state index contributed by atoms with van der Waals surface area (Å²) in [6, 6.07) is 12.7. The molecule has 1 aromatic rings. The van der Waals surface area contributed by atoms with Gasteiger partial charge < -0.3 is 0 Å². The van der Waals surface area contributed by atoms with Crippen LogP contribution in [0, 0.1) is 0 Å². The molecule has 0 heterocycles. The highest BCUT2D eigenvalue weighted by atomic mass is 35.7. The van der Waals surface area contributed by atoms with Gasteiger partial charge in [0.1, 0.15) is 0 Å². The van der Waals surface area contributed by atoms with E-state index < -0.39 is 13.4 Å². The van der Waals surface area contributed by atoms with E-state index in [1.54, 1.807) is 0 Å². The third kappa shape index (κ3) is 6.83. The van der Waals surface area contributed by atoms with Crippen molar-refractivity contribution < 1.29 is 0 Å². The Morgan fingerprint density at radius 2 is 1.56 bits per heavy atom. The number of halogens is 4. The molecular weight excluding hydrogens is 342 g/mol. The summed E-state index contributed by atoms with van der Waals surface area (Å²) >= 11 is 25.2. The molecule has 0 fully saturated rings. The first kappa shape index (κ1) is 16.9. The van der Waals surface area contributed by atoms with Gasteiger partial charge in [-0.1, -0.05) is 37.3 Å². The van der Waals surface area contributed by atoms with Gasteiger partial charge in [-0.3, -0.25) is 0 Å². The lowest BCUT2D eigenvalue weighted by Gasteiger charge is -2.23. The molecule has 0 amide bonds. The molecule has 0 aliphatic rings. The molecule has 1 aromatic carbocycles. The second-order valence-electron chi connectivity index (χ2n) is 4.94. The second-order valence-corrected chi connectivity index (χ2v) is 20.7. The normalized spacial score (nSPS) is 14.6. The number of hydrogen-bond donors (Lipinski definition) is 0. The fourth-order valence-electron chi connectivity index (χ4n) is 1.85. The molecule has 0 aliphatic heterocycles. The van der Waals surface area contributed by atoms with Crippen LogP contribution in [0.25, 0.3) is 0 Å². The van der Waals surface area contributed by atoms with E-state index in [2.05, 4.69) is 19.1 Å². The van der Waals surface area contributed by atoms with Crippen LogP contribution in [0.4, 0.5) is 0 Å². The number of hydrogen-bond acceptors (Lipinski definition) is 0. The van der Waals surface area contributed by atoms with E-state index in [1.165, 1.54) is 5.56 Å². The average molecular weight is 360 g/mol. The van der Waals surface area contributed by atoms with E-state index in [0.717, 1.165) is 18.1 Å². The Hall–Kier alpha value is 0.814. The van der Waals surface area contributed by atoms with Crippen molar-refractivity contribution in [3.05, 3.63) is 35.9 Å². The lowest BCUT2D eigenvalue weighted by molar-refractivity contribution is 0.851. The summed E-state index contributed by atoms with van der Waals surface area (Å²) in [4.78, 5) is 0. The Bertz CT molecular complexity index is 362. The molecule has 102 valence electrons. The topological polar surface area (TPSA) is 0 Å². The van der Waals surface area contributed by atoms with E-state index in [-0.39, 0.29) is 0 Å². The van der Waals surface area contributed by atoms with Gasteiger partial charge in [0.2, 0.25) is 6.69 Å². The quantitative estimate of drug-likeness (QED) is 0.415. The maximum absolute atomic E-state index is 6.50. The fraction of sp³-hybridized carbons (Fsp3) is 0.500. The lowest BCUT2D eigenvalue weighted by atomic mass is 10.0. The van der Waals surface area contributed by atoms with Crippen LogP contribution in [-0.2, 0) is 0 Å². The van der Waals surface area contributed by atoms with Crippen molar-refractivity contribution >= 4 is 57.7 Å². The summed E-state index contributed by atoms with van der Waals surface area (Å²) in [5.74, 6) is 0.381. The van der Waals surface area contributed by atoms with Gasteiger partial charge in [-0.2, -0.15) is 0 Å². The molecule has 0 N–H and O–H groups in total. The van der Waals surface area contributed by atoms with Gasteiger partial charge in [0.05, 0.1) is 0 Å². The SMILES string of the molecule is CC(C[Si](Cl)(Cl)CC[Si](C)(Cl)Cl)c1ccccc1. The van der Waals surface area contributed by atoms with Gasteiger partial charge in [0.15, 0.2) is 0 Å². The van der Waals surface area contributed by atoms with Crippen LogP contribution in [0.2, 0.25) is 24.7 Å². The van der Waals surface area contributed by atoms with Crippen LogP contribution in [0.3, 0.4) is 0 Å². The zero-order valence-corrected chi connectivity index (χ0v) is 15.6. The highest BCUT2D eigenvalue weighted by Crippen LogP contribution is 2.37. The fourth-order valence-corrected chi connectivity index (χ4v) is 11.2. The molecule has 0 bridgehead atoms. The van der Waals surface area contributed by atoms with E-state index in [1.807, 2.05) is 24.7 Å². The van der Waals surface area contributed by atoms with Crippen molar-refractivity contribution in [3.63, 3.8) is 0 Å². The van der Waals surface area contributed by atoms with Crippen molar-refractivity contribution in [2.75, 3.05) is 0 Å². The summed E-state index contributed by atoms with van der Waals surface area (Å²) in [6.07, 6.45) is 0. The zero-order chi connectivity index (χ0) is 13.8. The second kappa shape index (κ2) is 7.00. The maximum atomic E-state index is 6.50. The van der Waals surface area contributed by atoms with E-state index in [9.17, 15) is 0 Å². The predicted molar refractivity (Wildman–Crippen MR) is 90.1 cm³/mol. The molecule has 1 atom stereocenters. The maximum Gasteiger partial charge on any atom is 0.251 e. The summed E-state index contributed by atoms with van der Waals surface area (Å²) in [6.45, 7) is -0.258. The van der Waals surface area contributed by atoms with Gasteiger partial charge in [-0.05, 0) is 36.2 Å². The van der Waals surface area contributed by atoms with Crippen LogP contribution in [0.1, 0.15) is 18.4 Å². The van der Waals surface area contributed by atoms with E-state index in [0.29, 0.717) is 5.92 Å². The van der Waals surface area contributed by atoms with Gasteiger partial charge in [0.25, 0.3) is 6.69 Å². The third-order valence-corrected chi connectivity index (χ3v) is 9.92. The Kier molecular flexibility index (Phi) is 6.56. The first-order valence-electron chi connectivity index (χ1n) is 6.00. The lowest BCUT2D eigenvalue weighted by Crippen LogP contribution is -2.25. The first-order chi connectivity index (χ1) is 8.20. The van der Waals surface area contributed by atoms with Crippen molar-refractivity contribution in [3.8, 4) is 0 Å². The average Bonchev–Trinajstić information content (AvgIpc) is 2.26. The molecule has 0 aromatic heterocycles. The van der Waals surface area contributed by atoms with Crippen LogP contribution < -0.4 is 0 Å². The molecule has 0 aliphatic carbocycles. The summed E-state index contributed by atoms with van der Waals surface area (Å²) in [5, 5.41) is 0. The smallest absolute Gasteiger partial charge is 0.146 e. The first-order valence-corrected chi connectivity index (χ1v) is 15.2. The molecule has 1 unspecified atom stereocenters. The predicted octanol–water partition coefficient (Wildman–Crippen LogP) is 6.26. The minimum Gasteiger partial charge on any atom is -0.146 e. The minimum atomic E-state index is -2.25. The highest BCUT2D eigenvalue weighted by Gasteiger charge is 2.34.